The normalized spacial score (nSPS) is 9.38. The number of hydrogen-bond acceptors (Lipinski definition) is 5. The van der Waals surface area contributed by atoms with Gasteiger partial charge >= 0.3 is 11.9 Å². The topological polar surface area (TPSA) is 76.7 Å². The number of nitrogens with one attached hydrogen (secondary N) is 2. The lowest BCUT2D eigenvalue weighted by Crippen LogP contribution is -2.37. The molecule has 0 aliphatic rings. The fourth-order valence-corrected chi connectivity index (χ4v) is 1.32. The molecule has 2 N–H and O–H groups in total. The molecule has 0 bridgehead atoms. The number of rotatable bonds is 10. The van der Waals surface area contributed by atoms with Crippen molar-refractivity contribution in [3.63, 3.8) is 0 Å². The maximum Gasteiger partial charge on any atom is 0.333 e. The Morgan fingerprint density at radius 2 is 1.95 bits per heavy atom. The Balaban J connectivity index is 3.50. The minimum absolute atomic E-state index is 0.175. The van der Waals surface area contributed by atoms with Gasteiger partial charge in [-0.25, -0.2) is 4.79 Å². The van der Waals surface area contributed by atoms with Gasteiger partial charge < -0.3 is 20.1 Å². The molecule has 0 atom stereocenters. The average Bonchev–Trinajstić information content (AvgIpc) is 2.45. The fraction of sp³-hybridized carbons (Fsp3) is 0.500. The van der Waals surface area contributed by atoms with Gasteiger partial charge in [-0.3, -0.25) is 4.79 Å². The molecule has 0 radical (unpaired) electrons. The van der Waals surface area contributed by atoms with Crippen molar-refractivity contribution >= 4 is 29.3 Å². The van der Waals surface area contributed by atoms with Crippen LogP contribution in [0.4, 0.5) is 0 Å². The number of hydrogen-bond donors (Lipinski definition) is 2. The number of thiocarbonyl (C=S) groups is 1. The molecular weight excluding hydrogens is 292 g/mol. The highest BCUT2D eigenvalue weighted by molar-refractivity contribution is 7.80. The summed E-state index contributed by atoms with van der Waals surface area (Å²) < 4.78 is 9.84. The lowest BCUT2D eigenvalue weighted by Gasteiger charge is -2.09. The Kier molecular flexibility index (Phi) is 10.8. The summed E-state index contributed by atoms with van der Waals surface area (Å²) in [6, 6.07) is 0. The van der Waals surface area contributed by atoms with Crippen LogP contribution in [0.25, 0.3) is 0 Å². The molecule has 0 unspecified atom stereocenters. The highest BCUT2D eigenvalue weighted by Gasteiger charge is 2.05. The Hall–Kier alpha value is -1.89. The summed E-state index contributed by atoms with van der Waals surface area (Å²) in [4.78, 5) is 22.4. The second-order valence-electron chi connectivity index (χ2n) is 4.17. The van der Waals surface area contributed by atoms with Crippen LogP contribution < -0.4 is 10.6 Å². The monoisotopic (exact) mass is 314 g/mol. The SMILES string of the molecule is C=CCNC(=S)NCCOC(=O)CCCOC(=O)C(=C)C. The summed E-state index contributed by atoms with van der Waals surface area (Å²) in [5.41, 5.74) is 0.338. The van der Waals surface area contributed by atoms with Gasteiger partial charge in [0, 0.05) is 18.5 Å². The molecule has 6 nitrogen and oxygen atoms in total. The Morgan fingerprint density at radius 3 is 2.57 bits per heavy atom. The molecule has 7 heteroatoms. The molecule has 0 saturated heterocycles. The molecule has 21 heavy (non-hydrogen) atoms. The van der Waals surface area contributed by atoms with Crippen LogP contribution in [-0.4, -0.2) is 43.4 Å². The van der Waals surface area contributed by atoms with Crippen molar-refractivity contribution in [1.29, 1.82) is 0 Å². The van der Waals surface area contributed by atoms with Crippen LogP contribution in [0.1, 0.15) is 19.8 Å². The minimum atomic E-state index is -0.451. The van der Waals surface area contributed by atoms with E-state index < -0.39 is 5.97 Å². The summed E-state index contributed by atoms with van der Waals surface area (Å²) >= 11 is 4.96. The molecule has 0 amide bonds. The van der Waals surface area contributed by atoms with E-state index in [4.69, 9.17) is 21.7 Å². The lowest BCUT2D eigenvalue weighted by atomic mass is 10.3. The Morgan fingerprint density at radius 1 is 1.24 bits per heavy atom. The van der Waals surface area contributed by atoms with Crippen molar-refractivity contribution in [2.45, 2.75) is 19.8 Å². The number of esters is 2. The van der Waals surface area contributed by atoms with Crippen LogP contribution in [0.5, 0.6) is 0 Å². The maximum atomic E-state index is 11.4. The molecule has 0 fully saturated rings. The largest absolute Gasteiger partial charge is 0.464 e. The molecule has 0 heterocycles. The molecule has 0 spiro atoms. The molecular formula is C14H22N2O4S. The molecule has 0 saturated carbocycles. The van der Waals surface area contributed by atoms with Gasteiger partial charge in [0.2, 0.25) is 0 Å². The zero-order chi connectivity index (χ0) is 16.1. The second-order valence-corrected chi connectivity index (χ2v) is 4.57. The van der Waals surface area contributed by atoms with Crippen LogP contribution in [-0.2, 0) is 19.1 Å². The molecule has 0 aliphatic carbocycles. The van der Waals surface area contributed by atoms with Gasteiger partial charge in [0.25, 0.3) is 0 Å². The van der Waals surface area contributed by atoms with E-state index in [0.29, 0.717) is 30.2 Å². The summed E-state index contributed by atoms with van der Waals surface area (Å²) in [5, 5.41) is 6.26. The average molecular weight is 314 g/mol. The zero-order valence-corrected chi connectivity index (χ0v) is 13.1. The second kappa shape index (κ2) is 11.9. The van der Waals surface area contributed by atoms with Crippen molar-refractivity contribution in [1.82, 2.24) is 10.6 Å². The first-order valence-corrected chi connectivity index (χ1v) is 6.99. The molecule has 0 aliphatic heterocycles. The first-order chi connectivity index (χ1) is 9.97. The molecule has 0 aromatic rings. The molecule has 0 rings (SSSR count). The third-order valence-electron chi connectivity index (χ3n) is 2.16. The summed E-state index contributed by atoms with van der Waals surface area (Å²) in [7, 11) is 0. The van der Waals surface area contributed by atoms with Crippen LogP contribution in [0.3, 0.4) is 0 Å². The van der Waals surface area contributed by atoms with Crippen LogP contribution >= 0.6 is 12.2 Å². The quantitative estimate of drug-likeness (QED) is 0.205. The van der Waals surface area contributed by atoms with Crippen molar-refractivity contribution < 1.29 is 19.1 Å². The summed E-state index contributed by atoms with van der Waals surface area (Å²) in [6.07, 6.45) is 2.31. The number of carbonyl (C=O) groups is 2. The first-order valence-electron chi connectivity index (χ1n) is 6.58. The van der Waals surface area contributed by atoms with Crippen molar-refractivity contribution in [2.75, 3.05) is 26.3 Å². The highest BCUT2D eigenvalue weighted by Crippen LogP contribution is 1.97. The van der Waals surface area contributed by atoms with Crippen molar-refractivity contribution in [3.8, 4) is 0 Å². The van der Waals surface area contributed by atoms with E-state index in [1.54, 1.807) is 13.0 Å². The van der Waals surface area contributed by atoms with E-state index in [9.17, 15) is 9.59 Å². The lowest BCUT2D eigenvalue weighted by molar-refractivity contribution is -0.145. The van der Waals surface area contributed by atoms with Gasteiger partial charge in [0.05, 0.1) is 13.2 Å². The third kappa shape index (κ3) is 11.6. The summed E-state index contributed by atoms with van der Waals surface area (Å²) in [6.45, 7) is 9.98. The van der Waals surface area contributed by atoms with Crippen molar-refractivity contribution in [3.05, 3.63) is 24.8 Å². The van der Waals surface area contributed by atoms with E-state index >= 15 is 0 Å². The van der Waals surface area contributed by atoms with E-state index in [1.807, 2.05) is 0 Å². The van der Waals surface area contributed by atoms with E-state index in [2.05, 4.69) is 23.8 Å². The van der Waals surface area contributed by atoms with E-state index in [0.717, 1.165) is 0 Å². The third-order valence-corrected chi connectivity index (χ3v) is 2.45. The van der Waals surface area contributed by atoms with Gasteiger partial charge in [-0.15, -0.1) is 6.58 Å². The molecule has 118 valence electrons. The van der Waals surface area contributed by atoms with Gasteiger partial charge in [-0.1, -0.05) is 12.7 Å². The zero-order valence-electron chi connectivity index (χ0n) is 12.3. The maximum absolute atomic E-state index is 11.4. The van der Waals surface area contributed by atoms with Gasteiger partial charge in [-0.05, 0) is 25.6 Å². The number of carbonyl (C=O) groups excluding carboxylic acids is 2. The Labute approximate surface area is 130 Å². The number of ether oxygens (including phenoxy) is 2. The summed E-state index contributed by atoms with van der Waals surface area (Å²) in [5.74, 6) is -0.791. The smallest absolute Gasteiger partial charge is 0.333 e. The van der Waals surface area contributed by atoms with E-state index in [-0.39, 0.29) is 25.6 Å². The van der Waals surface area contributed by atoms with Crippen LogP contribution in [0.2, 0.25) is 0 Å². The Bertz CT molecular complexity index is 396. The van der Waals surface area contributed by atoms with Crippen LogP contribution in [0, 0.1) is 0 Å². The van der Waals surface area contributed by atoms with Gasteiger partial charge in [-0.2, -0.15) is 0 Å². The van der Waals surface area contributed by atoms with Gasteiger partial charge in [0.1, 0.15) is 6.61 Å². The predicted molar refractivity (Wildman–Crippen MR) is 84.8 cm³/mol. The van der Waals surface area contributed by atoms with Crippen LogP contribution in [0.15, 0.2) is 24.8 Å². The highest BCUT2D eigenvalue weighted by atomic mass is 32.1. The van der Waals surface area contributed by atoms with Gasteiger partial charge in [0.15, 0.2) is 5.11 Å². The predicted octanol–water partition coefficient (Wildman–Crippen LogP) is 1.08. The van der Waals surface area contributed by atoms with E-state index in [1.165, 1.54) is 0 Å². The molecule has 0 aromatic heterocycles. The standard InChI is InChI=1S/C14H22N2O4S/c1-4-7-15-14(21)16-8-10-19-12(17)6-5-9-20-13(18)11(2)3/h4H,1-2,5-10H2,3H3,(H2,15,16,21). The first kappa shape index (κ1) is 19.1. The molecule has 0 aromatic carbocycles. The van der Waals surface area contributed by atoms with Crippen molar-refractivity contribution in [2.24, 2.45) is 0 Å². The fourth-order valence-electron chi connectivity index (χ4n) is 1.13. The minimum Gasteiger partial charge on any atom is -0.464 e.